The topological polar surface area (TPSA) is 3.24 Å². The van der Waals surface area contributed by atoms with Gasteiger partial charge in [-0.05, 0) is 69.8 Å². The van der Waals surface area contributed by atoms with E-state index in [4.69, 9.17) is 0 Å². The van der Waals surface area contributed by atoms with Crippen molar-refractivity contribution >= 4 is 28.8 Å². The van der Waals surface area contributed by atoms with Crippen LogP contribution in [-0.4, -0.2) is 0 Å². The van der Waals surface area contributed by atoms with E-state index in [0.29, 0.717) is 0 Å². The van der Waals surface area contributed by atoms with Gasteiger partial charge in [0, 0.05) is 32.0 Å². The van der Waals surface area contributed by atoms with E-state index in [2.05, 4.69) is 158 Å². The highest BCUT2D eigenvalue weighted by atomic mass is 32.2. The molecule has 1 heterocycles. The monoisotopic (exact) mass is 543 g/mol. The number of hydrogen-bond donors (Lipinski definition) is 0. The number of para-hydroxylation sites is 2. The van der Waals surface area contributed by atoms with Gasteiger partial charge < -0.3 is 4.90 Å². The molecule has 196 valence electrons. The van der Waals surface area contributed by atoms with Crippen LogP contribution in [0.4, 0.5) is 17.1 Å². The minimum absolute atomic E-state index is 0.136. The summed E-state index contributed by atoms with van der Waals surface area (Å²) in [5.41, 5.74) is 14.1. The largest absolute Gasteiger partial charge is 0.308 e. The molecule has 2 aliphatic rings. The van der Waals surface area contributed by atoms with E-state index in [1.807, 2.05) is 11.8 Å². The number of fused-ring (bicyclic) bond motifs is 6. The number of nitrogens with zero attached hydrogens (tertiary/aromatic N) is 1. The Bertz CT molecular complexity index is 1920. The maximum absolute atomic E-state index is 2.48. The minimum atomic E-state index is -0.136. The van der Waals surface area contributed by atoms with Gasteiger partial charge in [-0.1, -0.05) is 129 Å². The van der Waals surface area contributed by atoms with Crippen LogP contribution in [0.2, 0.25) is 0 Å². The lowest BCUT2D eigenvalue weighted by molar-refractivity contribution is 0.660. The minimum Gasteiger partial charge on any atom is -0.308 e. The van der Waals surface area contributed by atoms with Crippen LogP contribution < -0.4 is 4.90 Å². The van der Waals surface area contributed by atoms with Crippen molar-refractivity contribution < 1.29 is 0 Å². The first-order valence-electron chi connectivity index (χ1n) is 14.2. The Morgan fingerprint density at radius 1 is 0.537 bits per heavy atom. The Balaban J connectivity index is 1.46. The highest BCUT2D eigenvalue weighted by Gasteiger charge is 2.41. The molecule has 1 aliphatic carbocycles. The molecule has 0 bridgehead atoms. The van der Waals surface area contributed by atoms with Gasteiger partial charge in [-0.15, -0.1) is 0 Å². The summed E-state index contributed by atoms with van der Waals surface area (Å²) in [5.74, 6) is 0. The second kappa shape index (κ2) is 9.26. The van der Waals surface area contributed by atoms with E-state index in [1.165, 1.54) is 71.4 Å². The molecule has 1 aliphatic heterocycles. The van der Waals surface area contributed by atoms with Crippen molar-refractivity contribution in [3.8, 4) is 33.4 Å². The van der Waals surface area contributed by atoms with Crippen LogP contribution in [0, 0.1) is 0 Å². The zero-order valence-corrected chi connectivity index (χ0v) is 24.0. The van der Waals surface area contributed by atoms with Crippen LogP contribution >= 0.6 is 11.8 Å². The third-order valence-corrected chi connectivity index (χ3v) is 9.81. The fourth-order valence-electron chi connectivity index (χ4n) is 6.61. The highest BCUT2D eigenvalue weighted by Crippen LogP contribution is 2.62. The molecule has 0 N–H and O–H groups in total. The molecular formula is C39H29NS. The van der Waals surface area contributed by atoms with Crippen molar-refractivity contribution in [2.24, 2.45) is 0 Å². The number of rotatable bonds is 3. The summed E-state index contributed by atoms with van der Waals surface area (Å²) >= 11 is 1.92. The molecule has 0 saturated heterocycles. The quantitative estimate of drug-likeness (QED) is 0.218. The van der Waals surface area contributed by atoms with Gasteiger partial charge >= 0.3 is 0 Å². The fraction of sp³-hybridized carbons (Fsp3) is 0.0769. The smallest absolute Gasteiger partial charge is 0.0686 e. The molecule has 6 aromatic carbocycles. The van der Waals surface area contributed by atoms with Crippen molar-refractivity contribution in [3.05, 3.63) is 151 Å². The molecule has 0 atom stereocenters. The molecular weight excluding hydrogens is 515 g/mol. The lowest BCUT2D eigenvalue weighted by Crippen LogP contribution is -2.19. The van der Waals surface area contributed by atoms with E-state index < -0.39 is 0 Å². The summed E-state index contributed by atoms with van der Waals surface area (Å²) in [6.45, 7) is 4.79. The van der Waals surface area contributed by atoms with Crippen LogP contribution in [0.25, 0.3) is 33.4 Å². The van der Waals surface area contributed by atoms with Crippen molar-refractivity contribution in [3.63, 3.8) is 0 Å². The summed E-state index contributed by atoms with van der Waals surface area (Å²) in [7, 11) is 0. The highest BCUT2D eigenvalue weighted by molar-refractivity contribution is 8.00. The summed E-state index contributed by atoms with van der Waals surface area (Å²) in [4.78, 5) is 5.10. The molecule has 0 radical (unpaired) electrons. The van der Waals surface area contributed by atoms with Gasteiger partial charge in [-0.25, -0.2) is 0 Å². The van der Waals surface area contributed by atoms with Gasteiger partial charge in [0.25, 0.3) is 0 Å². The average molecular weight is 544 g/mol. The molecule has 1 nitrogen and oxygen atoms in total. The molecule has 8 rings (SSSR count). The van der Waals surface area contributed by atoms with Crippen LogP contribution in [0.3, 0.4) is 0 Å². The van der Waals surface area contributed by atoms with Crippen molar-refractivity contribution in [1.82, 2.24) is 0 Å². The molecule has 0 unspecified atom stereocenters. The summed E-state index contributed by atoms with van der Waals surface area (Å²) in [6.07, 6.45) is 0. The predicted molar refractivity (Wildman–Crippen MR) is 174 cm³/mol. The standard InChI is InChI=1S/C39H29NS/c1-39(2)32-24-28(26-14-6-3-7-15-26)22-23-30(32)36-33(39)25-31(27-16-8-4-9-17-27)37-38(36)41-35-21-13-12-20-34(35)40(37)29-18-10-5-11-19-29/h3-25H,1-2H3. The van der Waals surface area contributed by atoms with E-state index in [-0.39, 0.29) is 5.41 Å². The maximum atomic E-state index is 2.48. The van der Waals surface area contributed by atoms with Gasteiger partial charge in [0.15, 0.2) is 0 Å². The summed E-state index contributed by atoms with van der Waals surface area (Å²) < 4.78 is 0. The molecule has 0 spiro atoms. The van der Waals surface area contributed by atoms with E-state index >= 15 is 0 Å². The Morgan fingerprint density at radius 3 is 1.90 bits per heavy atom. The van der Waals surface area contributed by atoms with Gasteiger partial charge in [0.05, 0.1) is 11.4 Å². The van der Waals surface area contributed by atoms with Crippen LogP contribution in [0.5, 0.6) is 0 Å². The average Bonchev–Trinajstić information content (AvgIpc) is 3.26. The lowest BCUT2D eigenvalue weighted by atomic mass is 9.80. The van der Waals surface area contributed by atoms with Gasteiger partial charge in [-0.3, -0.25) is 0 Å². The Morgan fingerprint density at radius 2 is 1.17 bits per heavy atom. The van der Waals surface area contributed by atoms with Crippen molar-refractivity contribution in [1.29, 1.82) is 0 Å². The second-order valence-corrected chi connectivity index (χ2v) is 12.4. The Kier molecular flexibility index (Phi) is 5.48. The zero-order chi connectivity index (χ0) is 27.6. The molecule has 0 amide bonds. The zero-order valence-electron chi connectivity index (χ0n) is 23.1. The van der Waals surface area contributed by atoms with E-state index in [9.17, 15) is 0 Å². The Labute approximate surface area is 246 Å². The SMILES string of the molecule is CC1(C)c2cc(-c3ccccc3)ccc2-c2c1cc(-c1ccccc1)c1c2Sc2ccccc2N1c1ccccc1. The first-order valence-corrected chi connectivity index (χ1v) is 15.0. The normalized spacial score (nSPS) is 14.1. The summed E-state index contributed by atoms with van der Waals surface area (Å²) in [5, 5.41) is 0. The predicted octanol–water partition coefficient (Wildman–Crippen LogP) is 11.3. The second-order valence-electron chi connectivity index (χ2n) is 11.4. The number of benzene rings is 6. The number of hydrogen-bond acceptors (Lipinski definition) is 2. The number of anilines is 3. The lowest BCUT2D eigenvalue weighted by Gasteiger charge is -2.36. The van der Waals surface area contributed by atoms with Gasteiger partial charge in [0.1, 0.15) is 0 Å². The van der Waals surface area contributed by atoms with E-state index in [1.54, 1.807) is 0 Å². The molecule has 0 aromatic heterocycles. The van der Waals surface area contributed by atoms with Crippen LogP contribution in [0.1, 0.15) is 25.0 Å². The molecule has 2 heteroatoms. The third-order valence-electron chi connectivity index (χ3n) is 8.64. The molecule has 41 heavy (non-hydrogen) atoms. The first-order chi connectivity index (χ1) is 20.1. The fourth-order valence-corrected chi connectivity index (χ4v) is 7.86. The van der Waals surface area contributed by atoms with Gasteiger partial charge in [-0.2, -0.15) is 0 Å². The third kappa shape index (κ3) is 3.71. The van der Waals surface area contributed by atoms with Crippen LogP contribution in [0.15, 0.2) is 149 Å². The molecule has 6 aromatic rings. The Hall–Kier alpha value is -4.53. The van der Waals surface area contributed by atoms with Crippen LogP contribution in [-0.2, 0) is 5.41 Å². The van der Waals surface area contributed by atoms with Crippen molar-refractivity contribution in [2.45, 2.75) is 29.1 Å². The van der Waals surface area contributed by atoms with Gasteiger partial charge in [0.2, 0.25) is 0 Å². The first kappa shape index (κ1) is 24.3. The maximum Gasteiger partial charge on any atom is 0.0686 e. The van der Waals surface area contributed by atoms with E-state index in [0.717, 1.165) is 0 Å². The summed E-state index contributed by atoms with van der Waals surface area (Å²) in [6, 6.07) is 50.9. The molecule has 0 fully saturated rings. The molecule has 0 saturated carbocycles. The van der Waals surface area contributed by atoms with Crippen molar-refractivity contribution in [2.75, 3.05) is 4.90 Å².